The zero-order valence-electron chi connectivity index (χ0n) is 10.9. The Kier molecular flexibility index (Phi) is 6.49. The summed E-state index contributed by atoms with van der Waals surface area (Å²) in [7, 11) is 1.62. The molecule has 106 valence electrons. The Morgan fingerprint density at radius 1 is 1.47 bits per heavy atom. The highest BCUT2D eigenvalue weighted by atomic mass is 35.5. The Bertz CT molecular complexity index is 434. The third kappa shape index (κ3) is 4.60. The molecule has 0 atom stereocenters. The van der Waals surface area contributed by atoms with E-state index >= 15 is 0 Å². The van der Waals surface area contributed by atoms with E-state index in [1.807, 2.05) is 12.1 Å². The molecule has 2 rings (SSSR count). The number of rotatable bonds is 7. The summed E-state index contributed by atoms with van der Waals surface area (Å²) < 4.78 is 10.8. The highest BCUT2D eigenvalue weighted by molar-refractivity contribution is 6.32. The molecule has 0 bridgehead atoms. The molecule has 19 heavy (non-hydrogen) atoms. The van der Waals surface area contributed by atoms with E-state index in [1.54, 1.807) is 13.2 Å². The third-order valence-corrected chi connectivity index (χ3v) is 3.09. The molecule has 1 fully saturated rings. The second kappa shape index (κ2) is 7.63. The fourth-order valence-electron chi connectivity index (χ4n) is 1.71. The largest absolute Gasteiger partial charge is 0.493 e. The van der Waals surface area contributed by atoms with Crippen LogP contribution in [0.25, 0.3) is 0 Å². The Labute approximate surface area is 125 Å². The Morgan fingerprint density at radius 2 is 2.21 bits per heavy atom. The van der Waals surface area contributed by atoms with Gasteiger partial charge in [0.25, 0.3) is 0 Å². The van der Waals surface area contributed by atoms with Crippen LogP contribution in [0.1, 0.15) is 18.4 Å². The molecule has 0 spiro atoms. The molecule has 1 N–H and O–H groups in total. The summed E-state index contributed by atoms with van der Waals surface area (Å²) in [5.74, 6) is 1.24. The number of nitrogens with one attached hydrogen (secondary N) is 1. The lowest BCUT2D eigenvalue weighted by Gasteiger charge is -2.13. The summed E-state index contributed by atoms with van der Waals surface area (Å²) in [5, 5.41) is 4.02. The van der Waals surface area contributed by atoms with E-state index in [0.29, 0.717) is 29.2 Å². The molecule has 0 aromatic heterocycles. The van der Waals surface area contributed by atoms with Crippen molar-refractivity contribution in [2.24, 2.45) is 0 Å². The summed E-state index contributed by atoms with van der Waals surface area (Å²) in [4.78, 5) is 0. The topological polar surface area (TPSA) is 30.5 Å². The van der Waals surface area contributed by atoms with Crippen molar-refractivity contribution in [2.75, 3.05) is 13.7 Å². The molecular weight excluding hydrogens is 285 g/mol. The fourth-order valence-corrected chi connectivity index (χ4v) is 2.00. The molecular formula is C14H19Cl2NO2. The minimum Gasteiger partial charge on any atom is -0.493 e. The Morgan fingerprint density at radius 3 is 2.79 bits per heavy atom. The lowest BCUT2D eigenvalue weighted by atomic mass is 10.2. The molecule has 1 aromatic carbocycles. The standard InChI is InChI=1S/C14H18ClNO2.ClH/c1-3-6-18-14-12(15)7-10(8-13(14)17-2)9-16-11-4-5-11;/h3,7-8,11,16H,1,4-6,9H2,2H3;1H. The number of hydrogen-bond donors (Lipinski definition) is 1. The van der Waals surface area contributed by atoms with Crippen molar-refractivity contribution in [3.05, 3.63) is 35.4 Å². The van der Waals surface area contributed by atoms with Gasteiger partial charge in [0.05, 0.1) is 12.1 Å². The normalized spacial score (nSPS) is 13.6. The van der Waals surface area contributed by atoms with Crippen molar-refractivity contribution < 1.29 is 9.47 Å². The van der Waals surface area contributed by atoms with Crippen LogP contribution in [0, 0.1) is 0 Å². The van der Waals surface area contributed by atoms with E-state index in [2.05, 4.69) is 11.9 Å². The van der Waals surface area contributed by atoms with Gasteiger partial charge in [-0.05, 0) is 30.5 Å². The van der Waals surface area contributed by atoms with Crippen molar-refractivity contribution >= 4 is 24.0 Å². The van der Waals surface area contributed by atoms with Crippen LogP contribution >= 0.6 is 24.0 Å². The van der Waals surface area contributed by atoms with Crippen molar-refractivity contribution in [3.63, 3.8) is 0 Å². The van der Waals surface area contributed by atoms with Crippen LogP contribution in [0.3, 0.4) is 0 Å². The summed E-state index contributed by atoms with van der Waals surface area (Å²) in [6, 6.07) is 4.55. The smallest absolute Gasteiger partial charge is 0.180 e. The number of hydrogen-bond acceptors (Lipinski definition) is 3. The van der Waals surface area contributed by atoms with Gasteiger partial charge >= 0.3 is 0 Å². The van der Waals surface area contributed by atoms with Gasteiger partial charge < -0.3 is 14.8 Å². The second-order valence-corrected chi connectivity index (χ2v) is 4.77. The number of methoxy groups -OCH3 is 1. The molecule has 0 heterocycles. The SMILES string of the molecule is C=CCOc1c(Cl)cc(CNC2CC2)cc1OC.Cl. The minimum atomic E-state index is 0. The first kappa shape index (κ1) is 16.2. The maximum absolute atomic E-state index is 6.21. The maximum atomic E-state index is 6.21. The van der Waals surface area contributed by atoms with E-state index < -0.39 is 0 Å². The van der Waals surface area contributed by atoms with Gasteiger partial charge in [-0.3, -0.25) is 0 Å². The zero-order valence-corrected chi connectivity index (χ0v) is 12.5. The first-order valence-electron chi connectivity index (χ1n) is 6.08. The van der Waals surface area contributed by atoms with E-state index in [4.69, 9.17) is 21.1 Å². The molecule has 0 saturated heterocycles. The van der Waals surface area contributed by atoms with Crippen molar-refractivity contribution in [1.29, 1.82) is 0 Å². The predicted octanol–water partition coefficient (Wildman–Crippen LogP) is 3.59. The maximum Gasteiger partial charge on any atom is 0.180 e. The fraction of sp³-hybridized carbons (Fsp3) is 0.429. The van der Waals surface area contributed by atoms with Crippen LogP contribution < -0.4 is 14.8 Å². The van der Waals surface area contributed by atoms with E-state index in [-0.39, 0.29) is 12.4 Å². The van der Waals surface area contributed by atoms with Gasteiger partial charge in [-0.2, -0.15) is 0 Å². The van der Waals surface area contributed by atoms with Gasteiger partial charge in [0.2, 0.25) is 0 Å². The monoisotopic (exact) mass is 303 g/mol. The lowest BCUT2D eigenvalue weighted by Crippen LogP contribution is -2.15. The van der Waals surface area contributed by atoms with Crippen molar-refractivity contribution in [2.45, 2.75) is 25.4 Å². The first-order chi connectivity index (χ1) is 8.74. The average molecular weight is 304 g/mol. The average Bonchev–Trinajstić information content (AvgIpc) is 3.18. The van der Waals surface area contributed by atoms with Crippen LogP contribution in [-0.2, 0) is 6.54 Å². The highest BCUT2D eigenvalue weighted by Crippen LogP contribution is 2.36. The first-order valence-corrected chi connectivity index (χ1v) is 6.46. The summed E-state index contributed by atoms with van der Waals surface area (Å²) >= 11 is 6.21. The minimum absolute atomic E-state index is 0. The molecule has 1 aromatic rings. The summed E-state index contributed by atoms with van der Waals surface area (Å²) in [5.41, 5.74) is 1.11. The lowest BCUT2D eigenvalue weighted by molar-refractivity contribution is 0.326. The van der Waals surface area contributed by atoms with Crippen LogP contribution in [0.15, 0.2) is 24.8 Å². The van der Waals surface area contributed by atoms with Crippen LogP contribution in [0.5, 0.6) is 11.5 Å². The highest BCUT2D eigenvalue weighted by Gasteiger charge is 2.20. The molecule has 1 aliphatic rings. The molecule has 1 saturated carbocycles. The molecule has 0 aliphatic heterocycles. The van der Waals surface area contributed by atoms with Gasteiger partial charge in [-0.15, -0.1) is 12.4 Å². The molecule has 0 radical (unpaired) electrons. The number of benzene rings is 1. The molecule has 3 nitrogen and oxygen atoms in total. The van der Waals surface area contributed by atoms with Crippen LogP contribution in [0.4, 0.5) is 0 Å². The van der Waals surface area contributed by atoms with Crippen LogP contribution in [-0.4, -0.2) is 19.8 Å². The van der Waals surface area contributed by atoms with Crippen molar-refractivity contribution in [3.8, 4) is 11.5 Å². The molecule has 0 unspecified atom stereocenters. The van der Waals surface area contributed by atoms with Gasteiger partial charge in [-0.25, -0.2) is 0 Å². The van der Waals surface area contributed by atoms with Crippen molar-refractivity contribution in [1.82, 2.24) is 5.32 Å². The van der Waals surface area contributed by atoms with E-state index in [9.17, 15) is 0 Å². The van der Waals surface area contributed by atoms with E-state index in [0.717, 1.165) is 12.1 Å². The summed E-state index contributed by atoms with van der Waals surface area (Å²) in [6.07, 6.45) is 4.22. The van der Waals surface area contributed by atoms with E-state index in [1.165, 1.54) is 12.8 Å². The van der Waals surface area contributed by atoms with Gasteiger partial charge in [0.1, 0.15) is 6.61 Å². The molecule has 1 aliphatic carbocycles. The quantitative estimate of drug-likeness (QED) is 0.781. The third-order valence-electron chi connectivity index (χ3n) is 2.81. The zero-order chi connectivity index (χ0) is 13.0. The van der Waals surface area contributed by atoms with Gasteiger partial charge in [0, 0.05) is 12.6 Å². The number of ether oxygens (including phenoxy) is 2. The molecule has 0 amide bonds. The predicted molar refractivity (Wildman–Crippen MR) is 80.8 cm³/mol. The van der Waals surface area contributed by atoms with Crippen LogP contribution in [0.2, 0.25) is 5.02 Å². The molecule has 5 heteroatoms. The Balaban J connectivity index is 0.00000180. The summed E-state index contributed by atoms with van der Waals surface area (Å²) in [6.45, 7) is 4.84. The van der Waals surface area contributed by atoms with Gasteiger partial charge in [-0.1, -0.05) is 24.3 Å². The van der Waals surface area contributed by atoms with Gasteiger partial charge in [0.15, 0.2) is 11.5 Å². The number of halogens is 2. The Hall–Kier alpha value is -0.900. The second-order valence-electron chi connectivity index (χ2n) is 4.36.